The lowest BCUT2D eigenvalue weighted by atomic mass is 9.87. The predicted octanol–water partition coefficient (Wildman–Crippen LogP) is 3.26. The number of hydrogen-bond donors (Lipinski definition) is 2. The summed E-state index contributed by atoms with van der Waals surface area (Å²) in [7, 11) is -3.69. The molecule has 0 bridgehead atoms. The van der Waals surface area contributed by atoms with Crippen molar-refractivity contribution >= 4 is 21.6 Å². The molecule has 4 rings (SSSR count). The van der Waals surface area contributed by atoms with Crippen molar-refractivity contribution in [3.63, 3.8) is 0 Å². The van der Waals surface area contributed by atoms with E-state index in [0.717, 1.165) is 56.8 Å². The Morgan fingerprint density at radius 3 is 2.18 bits per heavy atom. The third kappa shape index (κ3) is 5.62. The van der Waals surface area contributed by atoms with Gasteiger partial charge in [0.2, 0.25) is 5.91 Å². The average molecular weight is 486 g/mol. The average Bonchev–Trinajstić information content (AvgIpc) is 3.62. The fourth-order valence-electron chi connectivity index (χ4n) is 4.30. The van der Waals surface area contributed by atoms with Gasteiger partial charge < -0.3 is 10.1 Å². The van der Waals surface area contributed by atoms with E-state index in [1.807, 2.05) is 24.3 Å². The quantitative estimate of drug-likeness (QED) is 0.599. The molecule has 184 valence electrons. The summed E-state index contributed by atoms with van der Waals surface area (Å²) in [6, 6.07) is 14.2. The van der Waals surface area contributed by atoms with E-state index in [4.69, 9.17) is 4.74 Å². The molecule has 2 aromatic rings. The van der Waals surface area contributed by atoms with Gasteiger partial charge in [-0.3, -0.25) is 14.4 Å². The van der Waals surface area contributed by atoms with Crippen LogP contribution in [0.25, 0.3) is 0 Å². The summed E-state index contributed by atoms with van der Waals surface area (Å²) in [5.74, 6) is 0.0491. The second-order valence-corrected chi connectivity index (χ2v) is 11.9. The van der Waals surface area contributed by atoms with Crippen molar-refractivity contribution in [2.24, 2.45) is 0 Å². The molecule has 1 saturated heterocycles. The van der Waals surface area contributed by atoms with Crippen molar-refractivity contribution in [2.75, 3.05) is 44.1 Å². The number of carbonyl (C=O) groups is 1. The van der Waals surface area contributed by atoms with Gasteiger partial charge in [0, 0.05) is 31.9 Å². The van der Waals surface area contributed by atoms with Crippen LogP contribution in [0, 0.1) is 0 Å². The van der Waals surface area contributed by atoms with Gasteiger partial charge in [-0.15, -0.1) is 0 Å². The van der Waals surface area contributed by atoms with Crippen LogP contribution in [0.3, 0.4) is 0 Å². The minimum absolute atomic E-state index is 0.0425. The van der Waals surface area contributed by atoms with Crippen LogP contribution in [0.15, 0.2) is 53.4 Å². The van der Waals surface area contributed by atoms with E-state index in [-0.39, 0.29) is 16.2 Å². The molecule has 8 heteroatoms. The Kier molecular flexibility index (Phi) is 7.03. The number of ether oxygens (including phenoxy) is 1. The Labute approximate surface area is 202 Å². The number of anilines is 1. The van der Waals surface area contributed by atoms with Gasteiger partial charge >= 0.3 is 0 Å². The molecular weight excluding hydrogens is 450 g/mol. The molecule has 0 atom stereocenters. The summed E-state index contributed by atoms with van der Waals surface area (Å²) in [5, 5.41) is 3.09. The van der Waals surface area contributed by atoms with Gasteiger partial charge in [0.15, 0.2) is 0 Å². The van der Waals surface area contributed by atoms with E-state index in [1.54, 1.807) is 24.3 Å². The van der Waals surface area contributed by atoms with Gasteiger partial charge in [0.25, 0.3) is 10.0 Å². The van der Waals surface area contributed by atoms with Crippen molar-refractivity contribution in [3.05, 3.63) is 59.7 Å². The summed E-state index contributed by atoms with van der Waals surface area (Å²) < 4.78 is 33.7. The zero-order chi connectivity index (χ0) is 24.4. The number of rotatable bonds is 8. The van der Waals surface area contributed by atoms with Crippen LogP contribution in [0.1, 0.15) is 44.7 Å². The van der Waals surface area contributed by atoms with E-state index in [9.17, 15) is 13.2 Å². The molecule has 2 N–H and O–H groups in total. The monoisotopic (exact) mass is 485 g/mol. The molecule has 1 amide bonds. The number of carbonyl (C=O) groups excluding carboxylic acids is 1. The van der Waals surface area contributed by atoms with E-state index >= 15 is 0 Å². The van der Waals surface area contributed by atoms with Crippen LogP contribution in [-0.4, -0.2) is 58.6 Å². The maximum absolute atomic E-state index is 12.9. The molecule has 1 saturated carbocycles. The number of hydrogen-bond acceptors (Lipinski definition) is 5. The molecule has 1 aliphatic carbocycles. The molecule has 0 unspecified atom stereocenters. The molecule has 2 fully saturated rings. The summed E-state index contributed by atoms with van der Waals surface area (Å²) >= 11 is 0. The first-order chi connectivity index (χ1) is 16.1. The number of amides is 1. The number of sulfonamides is 1. The molecular formula is C26H35N3O4S. The lowest BCUT2D eigenvalue weighted by Crippen LogP contribution is -2.43. The first-order valence-electron chi connectivity index (χ1n) is 11.9. The molecule has 2 aliphatic rings. The summed E-state index contributed by atoms with van der Waals surface area (Å²) in [4.78, 5) is 15.4. The van der Waals surface area contributed by atoms with Gasteiger partial charge in [-0.2, -0.15) is 0 Å². The maximum Gasteiger partial charge on any atom is 0.261 e. The van der Waals surface area contributed by atoms with Gasteiger partial charge in [0.05, 0.1) is 23.5 Å². The summed E-state index contributed by atoms with van der Waals surface area (Å²) in [5.41, 5.74) is 1.94. The minimum atomic E-state index is -3.69. The van der Waals surface area contributed by atoms with Crippen molar-refractivity contribution < 1.29 is 17.9 Å². The zero-order valence-corrected chi connectivity index (χ0v) is 21.1. The molecule has 2 aromatic carbocycles. The van der Waals surface area contributed by atoms with Crippen molar-refractivity contribution in [3.8, 4) is 0 Å². The predicted molar refractivity (Wildman–Crippen MR) is 134 cm³/mol. The highest BCUT2D eigenvalue weighted by molar-refractivity contribution is 7.92. The van der Waals surface area contributed by atoms with Crippen LogP contribution in [-0.2, 0) is 30.4 Å². The molecule has 1 aliphatic heterocycles. The first kappa shape index (κ1) is 24.7. The minimum Gasteiger partial charge on any atom is -0.379 e. The highest BCUT2D eigenvalue weighted by Gasteiger charge is 2.51. The SMILES string of the molecule is CC(C)(C)c1ccc(S(=O)(=O)Nc2ccc(C3(C(=O)NCCN4CCOCC4)CC3)cc2)cc1. The molecule has 0 aromatic heterocycles. The Bertz CT molecular complexity index is 1100. The lowest BCUT2D eigenvalue weighted by Gasteiger charge is -2.27. The van der Waals surface area contributed by atoms with Crippen LogP contribution in [0.5, 0.6) is 0 Å². The Morgan fingerprint density at radius 1 is 1.00 bits per heavy atom. The number of nitrogens with zero attached hydrogens (tertiary/aromatic N) is 1. The third-order valence-corrected chi connectivity index (χ3v) is 8.12. The zero-order valence-electron chi connectivity index (χ0n) is 20.3. The third-order valence-electron chi connectivity index (χ3n) is 6.72. The van der Waals surface area contributed by atoms with Crippen LogP contribution in [0.2, 0.25) is 0 Å². The van der Waals surface area contributed by atoms with Crippen molar-refractivity contribution in [1.82, 2.24) is 10.2 Å². The van der Waals surface area contributed by atoms with Gasteiger partial charge in [-0.25, -0.2) is 8.42 Å². The standard InChI is InChI=1S/C26H35N3O4S/c1-25(2,3)20-6-10-23(11-7-20)34(31,32)28-22-8-4-21(5-9-22)26(12-13-26)24(30)27-14-15-29-16-18-33-19-17-29/h4-11,28H,12-19H2,1-3H3,(H,27,30). The second-order valence-electron chi connectivity index (χ2n) is 10.2. The largest absolute Gasteiger partial charge is 0.379 e. The fraction of sp³-hybridized carbons (Fsp3) is 0.500. The topological polar surface area (TPSA) is 87.7 Å². The highest BCUT2D eigenvalue weighted by atomic mass is 32.2. The van der Waals surface area contributed by atoms with Gasteiger partial charge in [0.1, 0.15) is 0 Å². The summed E-state index contributed by atoms with van der Waals surface area (Å²) in [6.07, 6.45) is 1.61. The van der Waals surface area contributed by atoms with Gasteiger partial charge in [-0.1, -0.05) is 45.0 Å². The molecule has 0 spiro atoms. The van der Waals surface area contributed by atoms with Crippen LogP contribution < -0.4 is 10.0 Å². The lowest BCUT2D eigenvalue weighted by molar-refractivity contribution is -0.123. The fourth-order valence-corrected chi connectivity index (χ4v) is 5.36. The normalized spacial score (nSPS) is 18.3. The molecule has 34 heavy (non-hydrogen) atoms. The number of nitrogens with one attached hydrogen (secondary N) is 2. The van der Waals surface area contributed by atoms with Crippen LogP contribution in [0.4, 0.5) is 5.69 Å². The van der Waals surface area contributed by atoms with E-state index in [1.165, 1.54) is 0 Å². The highest BCUT2D eigenvalue weighted by Crippen LogP contribution is 2.48. The Hall–Kier alpha value is -2.42. The Balaban J connectivity index is 1.36. The first-order valence-corrected chi connectivity index (χ1v) is 13.4. The number of benzene rings is 2. The van der Waals surface area contributed by atoms with Gasteiger partial charge in [-0.05, 0) is 53.6 Å². The Morgan fingerprint density at radius 2 is 1.62 bits per heavy atom. The van der Waals surface area contributed by atoms with E-state index < -0.39 is 15.4 Å². The summed E-state index contributed by atoms with van der Waals surface area (Å²) in [6.45, 7) is 11.0. The molecule has 7 nitrogen and oxygen atoms in total. The van der Waals surface area contributed by atoms with Crippen molar-refractivity contribution in [1.29, 1.82) is 0 Å². The van der Waals surface area contributed by atoms with Crippen LogP contribution >= 0.6 is 0 Å². The molecule has 0 radical (unpaired) electrons. The second kappa shape index (κ2) is 9.68. The van der Waals surface area contributed by atoms with E-state index in [2.05, 4.69) is 35.7 Å². The molecule has 1 heterocycles. The van der Waals surface area contributed by atoms with E-state index in [0.29, 0.717) is 12.2 Å². The number of morpholine rings is 1. The van der Waals surface area contributed by atoms with Crippen molar-refractivity contribution in [2.45, 2.75) is 49.3 Å². The smallest absolute Gasteiger partial charge is 0.261 e. The maximum atomic E-state index is 12.9.